The van der Waals surface area contributed by atoms with Crippen LogP contribution in [0.1, 0.15) is 11.3 Å². The zero-order valence-corrected chi connectivity index (χ0v) is 13.1. The maximum atomic E-state index is 9.86. The largest absolute Gasteiger partial charge is 0.506 e. The van der Waals surface area contributed by atoms with E-state index in [0.29, 0.717) is 17.1 Å². The number of rotatable bonds is 3. The van der Waals surface area contributed by atoms with Crippen LogP contribution in [-0.4, -0.2) is 10.1 Å². The predicted molar refractivity (Wildman–Crippen MR) is 82.1 cm³/mol. The molecule has 0 spiro atoms. The van der Waals surface area contributed by atoms with Crippen LogP contribution in [0.5, 0.6) is 5.75 Å². The van der Waals surface area contributed by atoms with Gasteiger partial charge >= 0.3 is 0 Å². The second kappa shape index (κ2) is 5.99. The van der Waals surface area contributed by atoms with Crippen LogP contribution in [0.2, 0.25) is 10.0 Å². The van der Waals surface area contributed by atoms with Crippen molar-refractivity contribution in [3.05, 3.63) is 50.2 Å². The minimum Gasteiger partial charge on any atom is -0.506 e. The number of phenolic OH excluding ortho intramolecular Hbond substituents is 1. The number of hydrogen-bond donors (Lipinski definition) is 2. The fraction of sp³-hybridized carbons (Fsp3) is 0.154. The van der Waals surface area contributed by atoms with Crippen molar-refractivity contribution in [1.29, 1.82) is 0 Å². The van der Waals surface area contributed by atoms with Crippen LogP contribution in [0.25, 0.3) is 0 Å². The lowest BCUT2D eigenvalue weighted by atomic mass is 10.2. The molecule has 2 rings (SSSR count). The maximum Gasteiger partial charge on any atom is 0.139 e. The minimum absolute atomic E-state index is 0.0429. The number of hydrogen-bond acceptors (Lipinski definition) is 3. The zero-order valence-electron chi connectivity index (χ0n) is 10.0. The molecule has 0 aliphatic heterocycles. The molecule has 19 heavy (non-hydrogen) atoms. The highest BCUT2D eigenvalue weighted by Gasteiger charge is 2.08. The summed E-state index contributed by atoms with van der Waals surface area (Å²) < 4.78 is 0.782. The molecule has 0 bridgehead atoms. The first kappa shape index (κ1) is 14.4. The molecule has 0 amide bonds. The molecule has 0 saturated heterocycles. The number of nitrogens with one attached hydrogen (secondary N) is 1. The molecule has 3 nitrogen and oxygen atoms in total. The van der Waals surface area contributed by atoms with E-state index in [9.17, 15) is 5.11 Å². The van der Waals surface area contributed by atoms with Gasteiger partial charge in [-0.2, -0.15) is 0 Å². The van der Waals surface area contributed by atoms with E-state index in [4.69, 9.17) is 23.2 Å². The molecule has 0 fully saturated rings. The first-order valence-electron chi connectivity index (χ1n) is 5.51. The average molecular weight is 362 g/mol. The summed E-state index contributed by atoms with van der Waals surface area (Å²) in [4.78, 5) is 4.28. The highest BCUT2D eigenvalue weighted by Crippen LogP contribution is 2.31. The van der Waals surface area contributed by atoms with Crippen LogP contribution in [0.4, 0.5) is 5.69 Å². The molecule has 1 aromatic carbocycles. The SMILES string of the molecule is Cc1nc(Br)ccc1NCc1cc(Cl)cc(Cl)c1O. The molecule has 1 heterocycles. The Bertz CT molecular complexity index is 620. The van der Waals surface area contributed by atoms with Gasteiger partial charge in [-0.15, -0.1) is 0 Å². The molecule has 6 heteroatoms. The van der Waals surface area contributed by atoms with Gasteiger partial charge in [0.15, 0.2) is 0 Å². The first-order valence-corrected chi connectivity index (χ1v) is 7.06. The lowest BCUT2D eigenvalue weighted by Gasteiger charge is -2.11. The average Bonchev–Trinajstić information content (AvgIpc) is 2.33. The number of aryl methyl sites for hydroxylation is 1. The van der Waals surface area contributed by atoms with Crippen LogP contribution in [0.15, 0.2) is 28.9 Å². The molecule has 0 aliphatic carbocycles. The number of aromatic hydroxyl groups is 1. The van der Waals surface area contributed by atoms with Crippen LogP contribution in [-0.2, 0) is 6.54 Å². The number of aromatic nitrogens is 1. The molecule has 0 unspecified atom stereocenters. The minimum atomic E-state index is 0.0429. The molecule has 100 valence electrons. The number of pyridine rings is 1. The summed E-state index contributed by atoms with van der Waals surface area (Å²) in [5.74, 6) is 0.0429. The normalized spacial score (nSPS) is 10.5. The summed E-state index contributed by atoms with van der Waals surface area (Å²) in [6.07, 6.45) is 0. The van der Waals surface area contributed by atoms with Crippen LogP contribution in [0.3, 0.4) is 0 Å². The van der Waals surface area contributed by atoms with E-state index in [0.717, 1.165) is 16.0 Å². The van der Waals surface area contributed by atoms with Gasteiger partial charge in [0.05, 0.1) is 16.4 Å². The van der Waals surface area contributed by atoms with E-state index in [1.807, 2.05) is 19.1 Å². The summed E-state index contributed by atoms with van der Waals surface area (Å²) in [5.41, 5.74) is 2.39. The van der Waals surface area contributed by atoms with E-state index in [1.165, 1.54) is 6.07 Å². The molecule has 2 N–H and O–H groups in total. The Morgan fingerprint density at radius 1 is 1.32 bits per heavy atom. The number of halogens is 3. The third-order valence-electron chi connectivity index (χ3n) is 2.63. The predicted octanol–water partition coefficient (Wildman–Crippen LogP) is 4.78. The lowest BCUT2D eigenvalue weighted by molar-refractivity contribution is 0.469. The number of phenols is 1. The third-order valence-corrected chi connectivity index (χ3v) is 3.58. The molecule has 0 radical (unpaired) electrons. The van der Waals surface area contributed by atoms with Crippen molar-refractivity contribution in [2.24, 2.45) is 0 Å². The van der Waals surface area contributed by atoms with Gasteiger partial charge in [-0.3, -0.25) is 0 Å². The second-order valence-corrected chi connectivity index (χ2v) is 5.67. The molecule has 0 aliphatic rings. The van der Waals surface area contributed by atoms with Crippen molar-refractivity contribution < 1.29 is 5.11 Å². The smallest absolute Gasteiger partial charge is 0.139 e. The van der Waals surface area contributed by atoms with E-state index in [2.05, 4.69) is 26.2 Å². The van der Waals surface area contributed by atoms with Crippen molar-refractivity contribution in [3.63, 3.8) is 0 Å². The highest BCUT2D eigenvalue weighted by atomic mass is 79.9. The number of anilines is 1. The Balaban J connectivity index is 2.19. The Morgan fingerprint density at radius 2 is 2.05 bits per heavy atom. The van der Waals surface area contributed by atoms with E-state index in [-0.39, 0.29) is 10.8 Å². The lowest BCUT2D eigenvalue weighted by Crippen LogP contribution is -2.02. The molecule has 1 aromatic heterocycles. The Labute approximate surface area is 129 Å². The monoisotopic (exact) mass is 360 g/mol. The molecular formula is C13H11BrCl2N2O. The summed E-state index contributed by atoms with van der Waals surface area (Å²) >= 11 is 15.1. The maximum absolute atomic E-state index is 9.86. The van der Waals surface area contributed by atoms with Crippen LogP contribution < -0.4 is 5.32 Å². The van der Waals surface area contributed by atoms with Crippen LogP contribution in [0, 0.1) is 6.92 Å². The van der Waals surface area contributed by atoms with Crippen LogP contribution >= 0.6 is 39.1 Å². The Hall–Kier alpha value is -0.970. The second-order valence-electron chi connectivity index (χ2n) is 4.02. The van der Waals surface area contributed by atoms with Gasteiger partial charge in [-0.1, -0.05) is 23.2 Å². The Morgan fingerprint density at radius 3 is 2.74 bits per heavy atom. The molecule has 0 saturated carbocycles. The van der Waals surface area contributed by atoms with Crippen molar-refractivity contribution in [2.45, 2.75) is 13.5 Å². The Kier molecular flexibility index (Phi) is 4.55. The quantitative estimate of drug-likeness (QED) is 0.773. The zero-order chi connectivity index (χ0) is 14.0. The fourth-order valence-corrected chi connectivity index (χ4v) is 2.60. The van der Waals surface area contributed by atoms with Crippen molar-refractivity contribution in [1.82, 2.24) is 4.98 Å². The topological polar surface area (TPSA) is 45.2 Å². The molecular weight excluding hydrogens is 351 g/mol. The number of nitrogens with zero attached hydrogens (tertiary/aromatic N) is 1. The third kappa shape index (κ3) is 3.53. The first-order chi connectivity index (χ1) is 8.97. The van der Waals surface area contributed by atoms with E-state index in [1.54, 1.807) is 6.07 Å². The summed E-state index contributed by atoms with van der Waals surface area (Å²) in [6.45, 7) is 2.31. The van der Waals surface area contributed by atoms with Crippen molar-refractivity contribution >= 4 is 44.8 Å². The molecule has 0 atom stereocenters. The van der Waals surface area contributed by atoms with E-state index < -0.39 is 0 Å². The van der Waals surface area contributed by atoms with Gasteiger partial charge in [-0.25, -0.2) is 4.98 Å². The van der Waals surface area contributed by atoms with Gasteiger partial charge < -0.3 is 10.4 Å². The highest BCUT2D eigenvalue weighted by molar-refractivity contribution is 9.10. The number of benzene rings is 1. The summed E-state index contributed by atoms with van der Waals surface area (Å²) in [6, 6.07) is 6.95. The summed E-state index contributed by atoms with van der Waals surface area (Å²) in [5, 5.41) is 13.8. The van der Waals surface area contributed by atoms with Crippen molar-refractivity contribution in [3.8, 4) is 5.75 Å². The van der Waals surface area contributed by atoms with Gasteiger partial charge in [0.25, 0.3) is 0 Å². The van der Waals surface area contributed by atoms with Crippen molar-refractivity contribution in [2.75, 3.05) is 5.32 Å². The summed E-state index contributed by atoms with van der Waals surface area (Å²) in [7, 11) is 0. The standard InChI is InChI=1S/C13H11BrCl2N2O/c1-7-11(2-3-12(14)18-7)17-6-8-4-9(15)5-10(16)13(8)19/h2-5,17,19H,6H2,1H3. The van der Waals surface area contributed by atoms with Gasteiger partial charge in [0.2, 0.25) is 0 Å². The van der Waals surface area contributed by atoms with Gasteiger partial charge in [0.1, 0.15) is 10.4 Å². The fourth-order valence-electron chi connectivity index (χ4n) is 1.66. The molecule has 2 aromatic rings. The van der Waals surface area contributed by atoms with Gasteiger partial charge in [-0.05, 0) is 47.1 Å². The van der Waals surface area contributed by atoms with Gasteiger partial charge in [0, 0.05) is 17.1 Å². The van der Waals surface area contributed by atoms with E-state index >= 15 is 0 Å².